The Balaban J connectivity index is 1.40. The molecule has 3 aliphatic rings. The lowest BCUT2D eigenvalue weighted by atomic mass is 9.99. The molecule has 0 radical (unpaired) electrons. The first kappa shape index (κ1) is 19.5. The fraction of sp³-hybridized carbons (Fsp3) is 0.429. The van der Waals surface area contributed by atoms with E-state index in [1.54, 1.807) is 36.4 Å². The van der Waals surface area contributed by atoms with E-state index in [2.05, 4.69) is 4.98 Å². The van der Waals surface area contributed by atoms with Gasteiger partial charge in [0.15, 0.2) is 0 Å². The summed E-state index contributed by atoms with van der Waals surface area (Å²) < 4.78 is 39.6. The molecule has 3 atom stereocenters. The number of fused-ring (bicyclic) bond motifs is 1. The van der Waals surface area contributed by atoms with Gasteiger partial charge in [0.25, 0.3) is 5.91 Å². The minimum atomic E-state index is -3.55. The second kappa shape index (κ2) is 7.04. The van der Waals surface area contributed by atoms with Crippen LogP contribution < -0.4 is 4.74 Å². The molecule has 158 valence electrons. The molecule has 1 aromatic heterocycles. The summed E-state index contributed by atoms with van der Waals surface area (Å²) in [6.45, 7) is 1.12. The van der Waals surface area contributed by atoms with E-state index < -0.39 is 20.9 Å². The maximum atomic E-state index is 13.3. The average molecular weight is 429 g/mol. The summed E-state index contributed by atoms with van der Waals surface area (Å²) in [4.78, 5) is 18.8. The van der Waals surface area contributed by atoms with Gasteiger partial charge in [-0.05, 0) is 36.2 Å². The Morgan fingerprint density at radius 3 is 2.90 bits per heavy atom. The number of likely N-dealkylation sites (tertiary alicyclic amines) is 1. The average Bonchev–Trinajstić information content (AvgIpc) is 3.13. The van der Waals surface area contributed by atoms with Gasteiger partial charge in [0.2, 0.25) is 10.0 Å². The number of hydrogen-bond acceptors (Lipinski definition) is 6. The predicted octanol–water partition coefficient (Wildman–Crippen LogP) is 1.29. The minimum Gasteiger partial charge on any atom is -0.497 e. The minimum absolute atomic E-state index is 0.187. The van der Waals surface area contributed by atoms with Crippen molar-refractivity contribution in [3.05, 3.63) is 59.9 Å². The zero-order valence-electron chi connectivity index (χ0n) is 16.6. The van der Waals surface area contributed by atoms with Crippen LogP contribution in [0.25, 0.3) is 0 Å². The highest BCUT2D eigenvalue weighted by molar-refractivity contribution is 7.90. The van der Waals surface area contributed by atoms with Crippen LogP contribution in [0.2, 0.25) is 0 Å². The van der Waals surface area contributed by atoms with E-state index in [-0.39, 0.29) is 31.6 Å². The number of ether oxygens (including phenoxy) is 2. The van der Waals surface area contributed by atoms with E-state index in [1.165, 1.54) is 4.31 Å². The first-order valence-corrected chi connectivity index (χ1v) is 11.4. The summed E-state index contributed by atoms with van der Waals surface area (Å²) in [7, 11) is -1.96. The summed E-state index contributed by atoms with van der Waals surface area (Å²) >= 11 is 0. The van der Waals surface area contributed by atoms with E-state index in [0.29, 0.717) is 24.4 Å². The first-order chi connectivity index (χ1) is 14.4. The van der Waals surface area contributed by atoms with Crippen LogP contribution in [0.15, 0.2) is 48.7 Å². The Labute approximate surface area is 175 Å². The molecule has 30 heavy (non-hydrogen) atoms. The molecular formula is C21H23N3O5S. The molecule has 1 amide bonds. The van der Waals surface area contributed by atoms with Crippen molar-refractivity contribution in [1.29, 1.82) is 0 Å². The molecule has 8 nitrogen and oxygen atoms in total. The van der Waals surface area contributed by atoms with E-state index in [9.17, 15) is 13.2 Å². The second-order valence-corrected chi connectivity index (χ2v) is 10.2. The Morgan fingerprint density at radius 1 is 1.27 bits per heavy atom. The van der Waals surface area contributed by atoms with Crippen LogP contribution in [0, 0.1) is 0 Å². The lowest BCUT2D eigenvalue weighted by Gasteiger charge is -2.39. The molecule has 4 heterocycles. The fourth-order valence-electron chi connectivity index (χ4n) is 4.87. The molecule has 3 fully saturated rings. The number of carbonyl (C=O) groups excluding carboxylic acids is 1. The molecule has 0 saturated carbocycles. The van der Waals surface area contributed by atoms with Crippen LogP contribution in [0.3, 0.4) is 0 Å². The summed E-state index contributed by atoms with van der Waals surface area (Å²) in [5.41, 5.74) is 0.314. The SMILES string of the molecule is COc1cccc(CN2C[C@@]34CN(C(=O)c5ccccn5)C[C@@H](C[C@@H]3S2(=O)=O)O4)c1. The summed E-state index contributed by atoms with van der Waals surface area (Å²) in [5.74, 6) is 0.496. The van der Waals surface area contributed by atoms with E-state index >= 15 is 0 Å². The van der Waals surface area contributed by atoms with Crippen molar-refractivity contribution in [3.8, 4) is 5.75 Å². The summed E-state index contributed by atoms with van der Waals surface area (Å²) in [6.07, 6.45) is 1.72. The number of carbonyl (C=O) groups is 1. The van der Waals surface area contributed by atoms with Gasteiger partial charge in [0, 0.05) is 25.8 Å². The zero-order valence-corrected chi connectivity index (χ0v) is 17.4. The highest BCUT2D eigenvalue weighted by atomic mass is 32.2. The molecule has 1 aromatic carbocycles. The van der Waals surface area contributed by atoms with Gasteiger partial charge in [-0.1, -0.05) is 18.2 Å². The topological polar surface area (TPSA) is 89.0 Å². The van der Waals surface area contributed by atoms with Crippen molar-refractivity contribution in [1.82, 2.24) is 14.2 Å². The van der Waals surface area contributed by atoms with E-state index in [4.69, 9.17) is 9.47 Å². The Morgan fingerprint density at radius 2 is 2.13 bits per heavy atom. The molecular weight excluding hydrogens is 406 g/mol. The van der Waals surface area contributed by atoms with Crippen LogP contribution in [0.4, 0.5) is 0 Å². The lowest BCUT2D eigenvalue weighted by Crippen LogP contribution is -2.56. The number of morpholine rings is 1. The normalized spacial score (nSPS) is 29.6. The predicted molar refractivity (Wildman–Crippen MR) is 108 cm³/mol. The van der Waals surface area contributed by atoms with Crippen LogP contribution in [-0.2, 0) is 21.3 Å². The summed E-state index contributed by atoms with van der Waals surface area (Å²) in [6, 6.07) is 12.6. The number of pyridine rings is 1. The highest BCUT2D eigenvalue weighted by Gasteiger charge is 2.65. The third-order valence-electron chi connectivity index (χ3n) is 6.18. The standard InChI is InChI=1S/C21H23N3O5S/c1-28-16-6-4-5-15(9-16)11-24-14-21-13-23(20(25)18-7-2-3-8-22-18)12-17(29-21)10-19(21)30(24,26)27/h2-9,17,19H,10-14H2,1H3/t17-,19+,21+/m1/s1. The molecule has 3 saturated heterocycles. The van der Waals surface area contributed by atoms with Gasteiger partial charge in [-0.3, -0.25) is 9.78 Å². The Bertz CT molecular complexity index is 1080. The third-order valence-corrected chi connectivity index (χ3v) is 8.49. The molecule has 2 bridgehead atoms. The molecule has 1 spiro atoms. The number of aromatic nitrogens is 1. The van der Waals surface area contributed by atoms with Gasteiger partial charge < -0.3 is 14.4 Å². The van der Waals surface area contributed by atoms with Gasteiger partial charge in [-0.25, -0.2) is 8.42 Å². The fourth-order valence-corrected chi connectivity index (χ4v) is 7.16. The summed E-state index contributed by atoms with van der Waals surface area (Å²) in [5, 5.41) is -0.637. The van der Waals surface area contributed by atoms with Gasteiger partial charge >= 0.3 is 0 Å². The Kier molecular flexibility index (Phi) is 4.57. The van der Waals surface area contributed by atoms with Crippen molar-refractivity contribution in [2.75, 3.05) is 26.7 Å². The Hall–Kier alpha value is -2.49. The van der Waals surface area contributed by atoms with Crippen molar-refractivity contribution in [2.24, 2.45) is 0 Å². The largest absolute Gasteiger partial charge is 0.497 e. The smallest absolute Gasteiger partial charge is 0.272 e. The van der Waals surface area contributed by atoms with Crippen LogP contribution in [-0.4, -0.2) is 72.2 Å². The van der Waals surface area contributed by atoms with Crippen LogP contribution in [0.5, 0.6) is 5.75 Å². The number of benzene rings is 1. The van der Waals surface area contributed by atoms with Crippen LogP contribution in [0.1, 0.15) is 22.5 Å². The van der Waals surface area contributed by atoms with Crippen molar-refractivity contribution in [3.63, 3.8) is 0 Å². The highest BCUT2D eigenvalue weighted by Crippen LogP contribution is 2.47. The number of amides is 1. The monoisotopic (exact) mass is 429 g/mol. The van der Waals surface area contributed by atoms with Crippen LogP contribution >= 0.6 is 0 Å². The third kappa shape index (κ3) is 3.08. The lowest BCUT2D eigenvalue weighted by molar-refractivity contribution is -0.0981. The first-order valence-electron chi connectivity index (χ1n) is 9.91. The molecule has 5 rings (SSSR count). The number of methoxy groups -OCH3 is 1. The zero-order chi connectivity index (χ0) is 20.9. The quantitative estimate of drug-likeness (QED) is 0.728. The second-order valence-electron chi connectivity index (χ2n) is 8.09. The van der Waals surface area contributed by atoms with Crippen molar-refractivity contribution in [2.45, 2.75) is 29.9 Å². The number of hydrogen-bond donors (Lipinski definition) is 0. The van der Waals surface area contributed by atoms with Gasteiger partial charge in [0.1, 0.15) is 22.3 Å². The van der Waals surface area contributed by atoms with Crippen molar-refractivity contribution < 1.29 is 22.7 Å². The van der Waals surface area contributed by atoms with Gasteiger partial charge in [-0.15, -0.1) is 0 Å². The maximum Gasteiger partial charge on any atom is 0.272 e. The number of nitrogens with zero attached hydrogens (tertiary/aromatic N) is 3. The maximum absolute atomic E-state index is 13.3. The molecule has 9 heteroatoms. The van der Waals surface area contributed by atoms with E-state index in [1.807, 2.05) is 24.3 Å². The number of rotatable bonds is 4. The molecule has 2 aromatic rings. The van der Waals surface area contributed by atoms with Crippen molar-refractivity contribution >= 4 is 15.9 Å². The van der Waals surface area contributed by atoms with Gasteiger partial charge in [-0.2, -0.15) is 4.31 Å². The van der Waals surface area contributed by atoms with E-state index in [0.717, 1.165) is 5.56 Å². The number of sulfonamides is 1. The van der Waals surface area contributed by atoms with Gasteiger partial charge in [0.05, 0.1) is 19.8 Å². The molecule has 0 aliphatic carbocycles. The molecule has 3 aliphatic heterocycles. The molecule has 0 unspecified atom stereocenters. The molecule has 0 N–H and O–H groups in total.